The van der Waals surface area contributed by atoms with Gasteiger partial charge in [0.2, 0.25) is 0 Å². The molecule has 10 rings (SSSR count). The van der Waals surface area contributed by atoms with Gasteiger partial charge in [0.25, 0.3) is 0 Å². The van der Waals surface area contributed by atoms with Gasteiger partial charge in [-0.3, -0.25) is 0 Å². The van der Waals surface area contributed by atoms with Crippen molar-refractivity contribution in [1.82, 2.24) is 0 Å². The van der Waals surface area contributed by atoms with E-state index in [1.54, 1.807) is 0 Å². The van der Waals surface area contributed by atoms with Crippen LogP contribution >= 0.6 is 0 Å². The van der Waals surface area contributed by atoms with Crippen LogP contribution in [0.5, 0.6) is 0 Å². The predicted octanol–water partition coefficient (Wildman–Crippen LogP) is 12.9. The van der Waals surface area contributed by atoms with Crippen LogP contribution in [0.15, 0.2) is 188 Å². The molecule has 248 valence electrons. The van der Waals surface area contributed by atoms with E-state index in [1.165, 1.54) is 77.7 Å². The monoisotopic (exact) mass is 665 g/mol. The standard InChI is InChI=1S/C51H39N/c1-34-18-7-8-23-37(38-25-15-19-35-20-16-33-47(48(35)38)52(34)36-21-5-4-6-22-36)39-26-17-32-46-49(39)40-24-9-10-27-41(40)51(46)44-30-13-11-28-42(44)50(2,3)43-29-12-14-31-45(43)51/h4-33H,1-3H3/b8-7-,34-18+,37-23-. The molecular weight excluding hydrogens is 627 g/mol. The molecule has 0 N–H and O–H groups in total. The Kier molecular flexibility index (Phi) is 6.73. The number of para-hydroxylation sites is 1. The molecule has 7 aromatic rings. The van der Waals surface area contributed by atoms with E-state index in [9.17, 15) is 0 Å². The third-order valence-electron chi connectivity index (χ3n) is 11.9. The first kappa shape index (κ1) is 30.6. The summed E-state index contributed by atoms with van der Waals surface area (Å²) in [7, 11) is 0. The molecule has 0 radical (unpaired) electrons. The first-order valence-corrected chi connectivity index (χ1v) is 18.4. The Balaban J connectivity index is 1.31. The highest BCUT2D eigenvalue weighted by Gasteiger charge is 2.53. The quantitative estimate of drug-likeness (QED) is 0.178. The van der Waals surface area contributed by atoms with Crippen molar-refractivity contribution in [3.05, 3.63) is 232 Å². The summed E-state index contributed by atoms with van der Waals surface area (Å²) in [6.07, 6.45) is 8.97. The van der Waals surface area contributed by atoms with Crippen molar-refractivity contribution in [3.63, 3.8) is 0 Å². The van der Waals surface area contributed by atoms with Gasteiger partial charge in [0.1, 0.15) is 0 Å². The highest BCUT2D eigenvalue weighted by atomic mass is 15.1. The Morgan fingerprint density at radius 1 is 0.442 bits per heavy atom. The van der Waals surface area contributed by atoms with Crippen molar-refractivity contribution in [2.75, 3.05) is 4.90 Å². The Labute approximate surface area is 306 Å². The van der Waals surface area contributed by atoms with E-state index in [1.807, 2.05) is 0 Å². The molecule has 0 fully saturated rings. The molecule has 7 aromatic carbocycles. The van der Waals surface area contributed by atoms with Crippen LogP contribution in [-0.2, 0) is 10.8 Å². The molecule has 1 heterocycles. The number of benzene rings is 7. The molecule has 3 aliphatic rings. The molecule has 2 aliphatic carbocycles. The first-order chi connectivity index (χ1) is 25.5. The summed E-state index contributed by atoms with van der Waals surface area (Å²) >= 11 is 0. The molecule has 1 aliphatic heterocycles. The molecule has 0 saturated heterocycles. The lowest BCUT2D eigenvalue weighted by Gasteiger charge is -2.46. The van der Waals surface area contributed by atoms with Crippen LogP contribution in [-0.4, -0.2) is 0 Å². The van der Waals surface area contributed by atoms with Gasteiger partial charge in [-0.1, -0.05) is 172 Å². The first-order valence-electron chi connectivity index (χ1n) is 18.4. The number of rotatable bonds is 2. The van der Waals surface area contributed by atoms with Crippen molar-refractivity contribution in [2.45, 2.75) is 31.6 Å². The minimum absolute atomic E-state index is 0.132. The molecule has 1 nitrogen and oxygen atoms in total. The Morgan fingerprint density at radius 3 is 1.71 bits per heavy atom. The molecule has 1 spiro atoms. The summed E-state index contributed by atoms with van der Waals surface area (Å²) in [5.41, 5.74) is 17.5. The number of hydrogen-bond acceptors (Lipinski definition) is 1. The smallest absolute Gasteiger partial charge is 0.0719 e. The normalized spacial score (nSPS) is 18.6. The second kappa shape index (κ2) is 11.4. The van der Waals surface area contributed by atoms with Crippen LogP contribution in [0.2, 0.25) is 0 Å². The average Bonchev–Trinajstić information content (AvgIpc) is 3.49. The molecule has 0 bridgehead atoms. The Morgan fingerprint density at radius 2 is 0.981 bits per heavy atom. The fraction of sp³-hybridized carbons (Fsp3) is 0.0980. The highest BCUT2D eigenvalue weighted by molar-refractivity contribution is 6.09. The maximum atomic E-state index is 2.40. The van der Waals surface area contributed by atoms with Gasteiger partial charge < -0.3 is 4.90 Å². The summed E-state index contributed by atoms with van der Waals surface area (Å²) in [6, 6.07) is 58.8. The minimum Gasteiger partial charge on any atom is -0.314 e. The second-order valence-electron chi connectivity index (χ2n) is 14.9. The third-order valence-corrected chi connectivity index (χ3v) is 11.9. The van der Waals surface area contributed by atoms with Crippen LogP contribution in [0.1, 0.15) is 65.3 Å². The molecule has 0 aromatic heterocycles. The Bertz CT molecular complexity index is 2610. The van der Waals surface area contributed by atoms with Crippen LogP contribution < -0.4 is 4.90 Å². The molecule has 1 heteroatoms. The summed E-state index contributed by atoms with van der Waals surface area (Å²) in [5, 5.41) is 2.47. The third kappa shape index (κ3) is 4.11. The van der Waals surface area contributed by atoms with Crippen molar-refractivity contribution >= 4 is 27.7 Å². The highest BCUT2D eigenvalue weighted by Crippen LogP contribution is 2.63. The molecule has 0 amide bonds. The van der Waals surface area contributed by atoms with Gasteiger partial charge in [0.05, 0.1) is 11.1 Å². The molecule has 0 unspecified atom stereocenters. The molecule has 52 heavy (non-hydrogen) atoms. The van der Waals surface area contributed by atoms with E-state index in [4.69, 9.17) is 0 Å². The molecule has 0 atom stereocenters. The van der Waals surface area contributed by atoms with Gasteiger partial charge in [0, 0.05) is 22.2 Å². The number of hydrogen-bond donors (Lipinski definition) is 0. The van der Waals surface area contributed by atoms with E-state index in [2.05, 4.69) is 208 Å². The average molecular weight is 666 g/mol. The van der Waals surface area contributed by atoms with Gasteiger partial charge in [0.15, 0.2) is 0 Å². The lowest BCUT2D eigenvalue weighted by molar-refractivity contribution is 0.563. The fourth-order valence-corrected chi connectivity index (χ4v) is 9.72. The largest absolute Gasteiger partial charge is 0.314 e. The zero-order valence-electron chi connectivity index (χ0n) is 29.8. The van der Waals surface area contributed by atoms with Crippen molar-refractivity contribution < 1.29 is 0 Å². The van der Waals surface area contributed by atoms with Crippen LogP contribution in [0, 0.1) is 0 Å². The molecular formula is C51H39N. The number of fused-ring (bicyclic) bond motifs is 9. The SMILES string of the molecule is C\C1=C/C=C\C=C(/c2cccc3c2-c2ccccc2C32c3ccccc3C(C)(C)c3ccccc32)c2cccc3cccc(c23)N1c1ccccc1. The topological polar surface area (TPSA) is 3.24 Å². The number of anilines is 2. The molecule has 0 saturated carbocycles. The maximum Gasteiger partial charge on any atom is 0.0719 e. The minimum atomic E-state index is -0.440. The zero-order chi connectivity index (χ0) is 35.0. The van der Waals surface area contributed by atoms with E-state index in [-0.39, 0.29) is 5.41 Å². The lowest BCUT2D eigenvalue weighted by Crippen LogP contribution is -2.40. The number of allylic oxidation sites excluding steroid dienone is 5. The van der Waals surface area contributed by atoms with Gasteiger partial charge in [-0.05, 0) is 97.8 Å². The van der Waals surface area contributed by atoms with E-state index in [0.29, 0.717) is 0 Å². The fourth-order valence-electron chi connectivity index (χ4n) is 9.72. The summed E-state index contributed by atoms with van der Waals surface area (Å²) < 4.78 is 0. The predicted molar refractivity (Wildman–Crippen MR) is 218 cm³/mol. The van der Waals surface area contributed by atoms with Gasteiger partial charge in [-0.15, -0.1) is 0 Å². The van der Waals surface area contributed by atoms with Crippen LogP contribution in [0.25, 0.3) is 27.5 Å². The van der Waals surface area contributed by atoms with Gasteiger partial charge >= 0.3 is 0 Å². The van der Waals surface area contributed by atoms with Crippen molar-refractivity contribution in [1.29, 1.82) is 0 Å². The number of nitrogens with zero attached hydrogens (tertiary/aromatic N) is 1. The zero-order valence-corrected chi connectivity index (χ0v) is 29.8. The maximum absolute atomic E-state index is 2.40. The van der Waals surface area contributed by atoms with Gasteiger partial charge in [-0.2, -0.15) is 0 Å². The van der Waals surface area contributed by atoms with Crippen LogP contribution in [0.3, 0.4) is 0 Å². The summed E-state index contributed by atoms with van der Waals surface area (Å²) in [6.45, 7) is 6.98. The van der Waals surface area contributed by atoms with Gasteiger partial charge in [-0.25, -0.2) is 0 Å². The van der Waals surface area contributed by atoms with E-state index < -0.39 is 5.41 Å². The summed E-state index contributed by atoms with van der Waals surface area (Å²) in [4.78, 5) is 2.40. The lowest BCUT2D eigenvalue weighted by atomic mass is 9.55. The Hall–Kier alpha value is -6.18. The van der Waals surface area contributed by atoms with Crippen molar-refractivity contribution in [2.24, 2.45) is 0 Å². The van der Waals surface area contributed by atoms with E-state index in [0.717, 1.165) is 11.4 Å². The van der Waals surface area contributed by atoms with Crippen LogP contribution in [0.4, 0.5) is 11.4 Å². The van der Waals surface area contributed by atoms with Crippen molar-refractivity contribution in [3.8, 4) is 11.1 Å². The second-order valence-corrected chi connectivity index (χ2v) is 14.9. The summed E-state index contributed by atoms with van der Waals surface area (Å²) in [5.74, 6) is 0. The van der Waals surface area contributed by atoms with E-state index >= 15 is 0 Å².